The lowest BCUT2D eigenvalue weighted by Gasteiger charge is -2.07. The van der Waals surface area contributed by atoms with Crippen LogP contribution in [0.5, 0.6) is 0 Å². The summed E-state index contributed by atoms with van der Waals surface area (Å²) in [7, 11) is 0. The first-order valence-corrected chi connectivity index (χ1v) is 6.86. The average molecular weight is 273 g/mol. The first kappa shape index (κ1) is 13.5. The van der Waals surface area contributed by atoms with Gasteiger partial charge in [-0.3, -0.25) is 0 Å². The smallest absolute Gasteiger partial charge is 0.337 e. The van der Waals surface area contributed by atoms with Gasteiger partial charge in [0.2, 0.25) is 0 Å². The number of aromatic carboxylic acids is 1. The molecule has 0 fully saturated rings. The first-order chi connectivity index (χ1) is 9.08. The summed E-state index contributed by atoms with van der Waals surface area (Å²) in [4.78, 5) is 11.8. The van der Waals surface area contributed by atoms with Crippen LogP contribution in [-0.2, 0) is 5.75 Å². The molecule has 98 valence electrons. The molecule has 19 heavy (non-hydrogen) atoms. The predicted octanol–water partition coefficient (Wildman–Crippen LogP) is 3.57. The molecular weight excluding hydrogens is 258 g/mol. The van der Waals surface area contributed by atoms with Crippen molar-refractivity contribution in [1.82, 2.24) is 0 Å². The van der Waals surface area contributed by atoms with Crippen molar-refractivity contribution in [1.29, 1.82) is 0 Å². The summed E-state index contributed by atoms with van der Waals surface area (Å²) in [5.41, 5.74) is 8.71. The zero-order valence-electron chi connectivity index (χ0n) is 10.6. The molecule has 0 aromatic heterocycles. The molecule has 0 aliphatic carbocycles. The largest absolute Gasteiger partial charge is 0.478 e. The summed E-state index contributed by atoms with van der Waals surface area (Å²) in [6.45, 7) is 2.08. The Balaban J connectivity index is 2.11. The van der Waals surface area contributed by atoms with Gasteiger partial charge in [0.15, 0.2) is 0 Å². The number of rotatable bonds is 4. The van der Waals surface area contributed by atoms with Crippen molar-refractivity contribution in [2.24, 2.45) is 0 Å². The Hall–Kier alpha value is -1.94. The highest BCUT2D eigenvalue weighted by atomic mass is 32.2. The maximum Gasteiger partial charge on any atom is 0.337 e. The van der Waals surface area contributed by atoms with Crippen molar-refractivity contribution >= 4 is 23.4 Å². The van der Waals surface area contributed by atoms with Crippen LogP contribution >= 0.6 is 11.8 Å². The lowest BCUT2D eigenvalue weighted by Crippen LogP contribution is -2.01. The normalized spacial score (nSPS) is 10.4. The van der Waals surface area contributed by atoms with E-state index in [1.54, 1.807) is 30.0 Å². The van der Waals surface area contributed by atoms with Crippen molar-refractivity contribution in [3.05, 3.63) is 59.2 Å². The van der Waals surface area contributed by atoms with Crippen LogP contribution in [0.25, 0.3) is 0 Å². The highest BCUT2D eigenvalue weighted by Gasteiger charge is 2.08. The summed E-state index contributed by atoms with van der Waals surface area (Å²) in [5.74, 6) is -0.147. The molecule has 2 aromatic carbocycles. The number of aryl methyl sites for hydroxylation is 1. The Morgan fingerprint density at radius 1 is 1.26 bits per heavy atom. The van der Waals surface area contributed by atoms with E-state index >= 15 is 0 Å². The topological polar surface area (TPSA) is 63.3 Å². The molecule has 0 heterocycles. The number of carboxylic acids is 1. The Kier molecular flexibility index (Phi) is 4.12. The second-order valence-corrected chi connectivity index (χ2v) is 5.32. The van der Waals surface area contributed by atoms with Crippen LogP contribution in [0.15, 0.2) is 47.4 Å². The summed E-state index contributed by atoms with van der Waals surface area (Å²) in [5, 5.41) is 8.91. The Morgan fingerprint density at radius 3 is 2.63 bits per heavy atom. The molecule has 0 radical (unpaired) electrons. The maximum atomic E-state index is 10.9. The van der Waals surface area contributed by atoms with Crippen LogP contribution in [0, 0.1) is 6.92 Å². The maximum absolute atomic E-state index is 10.9. The Labute approximate surface area is 116 Å². The van der Waals surface area contributed by atoms with Gasteiger partial charge in [0.05, 0.1) is 5.56 Å². The minimum atomic E-state index is -0.993. The number of nitrogen functional groups attached to an aromatic ring is 1. The molecule has 0 amide bonds. The molecular formula is C15H15NO2S. The zero-order valence-corrected chi connectivity index (χ0v) is 11.4. The molecule has 3 nitrogen and oxygen atoms in total. The standard InChI is InChI=1S/C15H15NO2S/c1-10-4-2-3-5-11(10)9-19-12-6-7-13(15(17)18)14(16)8-12/h2-8H,9,16H2,1H3,(H,17,18). The van der Waals surface area contributed by atoms with Gasteiger partial charge < -0.3 is 10.8 Å². The number of benzene rings is 2. The first-order valence-electron chi connectivity index (χ1n) is 5.88. The fraction of sp³-hybridized carbons (Fsp3) is 0.133. The summed E-state index contributed by atoms with van der Waals surface area (Å²) in [6.07, 6.45) is 0. The number of carbonyl (C=O) groups is 1. The average Bonchev–Trinajstić information content (AvgIpc) is 2.37. The van der Waals surface area contributed by atoms with Crippen LogP contribution in [0.2, 0.25) is 0 Å². The number of hydrogen-bond acceptors (Lipinski definition) is 3. The fourth-order valence-electron chi connectivity index (χ4n) is 1.76. The molecule has 0 saturated carbocycles. The van der Waals surface area contributed by atoms with Crippen LogP contribution in [0.4, 0.5) is 5.69 Å². The number of anilines is 1. The van der Waals surface area contributed by atoms with E-state index in [-0.39, 0.29) is 5.56 Å². The molecule has 2 aromatic rings. The van der Waals surface area contributed by atoms with Crippen LogP contribution in [0.1, 0.15) is 21.5 Å². The van der Waals surface area contributed by atoms with Gasteiger partial charge in [-0.05, 0) is 36.2 Å². The number of carboxylic acid groups (broad SMARTS) is 1. The van der Waals surface area contributed by atoms with Gasteiger partial charge in [-0.25, -0.2) is 4.79 Å². The van der Waals surface area contributed by atoms with E-state index in [2.05, 4.69) is 19.1 Å². The molecule has 2 rings (SSSR count). The molecule has 0 saturated heterocycles. The quantitative estimate of drug-likeness (QED) is 0.660. The summed E-state index contributed by atoms with van der Waals surface area (Å²) in [6, 6.07) is 13.3. The second kappa shape index (κ2) is 5.80. The predicted molar refractivity (Wildman–Crippen MR) is 78.6 cm³/mol. The lowest BCUT2D eigenvalue weighted by atomic mass is 10.1. The molecule has 0 aliphatic heterocycles. The van der Waals surface area contributed by atoms with Crippen LogP contribution in [-0.4, -0.2) is 11.1 Å². The van der Waals surface area contributed by atoms with E-state index in [0.717, 1.165) is 10.6 Å². The molecule has 0 bridgehead atoms. The third kappa shape index (κ3) is 3.29. The zero-order chi connectivity index (χ0) is 13.8. The van der Waals surface area contributed by atoms with E-state index in [0.29, 0.717) is 5.69 Å². The van der Waals surface area contributed by atoms with Gasteiger partial charge >= 0.3 is 5.97 Å². The lowest BCUT2D eigenvalue weighted by molar-refractivity contribution is 0.0698. The van der Waals surface area contributed by atoms with Crippen molar-refractivity contribution in [3.63, 3.8) is 0 Å². The summed E-state index contributed by atoms with van der Waals surface area (Å²) < 4.78 is 0. The van der Waals surface area contributed by atoms with Gasteiger partial charge in [0.25, 0.3) is 0 Å². The highest BCUT2D eigenvalue weighted by molar-refractivity contribution is 7.98. The third-order valence-electron chi connectivity index (χ3n) is 2.91. The monoisotopic (exact) mass is 273 g/mol. The SMILES string of the molecule is Cc1ccccc1CSc1ccc(C(=O)O)c(N)c1. The number of hydrogen-bond donors (Lipinski definition) is 2. The summed E-state index contributed by atoms with van der Waals surface area (Å²) >= 11 is 1.65. The minimum absolute atomic E-state index is 0.153. The van der Waals surface area contributed by atoms with E-state index < -0.39 is 5.97 Å². The van der Waals surface area contributed by atoms with E-state index in [1.807, 2.05) is 12.1 Å². The van der Waals surface area contributed by atoms with Crippen molar-refractivity contribution in [2.75, 3.05) is 5.73 Å². The van der Waals surface area contributed by atoms with Crippen molar-refractivity contribution in [2.45, 2.75) is 17.6 Å². The Morgan fingerprint density at radius 2 is 2.00 bits per heavy atom. The molecule has 0 atom stereocenters. The van der Waals surface area contributed by atoms with E-state index in [1.165, 1.54) is 11.1 Å². The van der Waals surface area contributed by atoms with Crippen molar-refractivity contribution in [3.8, 4) is 0 Å². The molecule has 3 N–H and O–H groups in total. The van der Waals surface area contributed by atoms with Gasteiger partial charge in [-0.15, -0.1) is 11.8 Å². The van der Waals surface area contributed by atoms with Gasteiger partial charge in [-0.1, -0.05) is 24.3 Å². The van der Waals surface area contributed by atoms with Gasteiger partial charge in [0, 0.05) is 16.3 Å². The van der Waals surface area contributed by atoms with Crippen molar-refractivity contribution < 1.29 is 9.90 Å². The minimum Gasteiger partial charge on any atom is -0.478 e. The van der Waals surface area contributed by atoms with Crippen LogP contribution < -0.4 is 5.73 Å². The van der Waals surface area contributed by atoms with Crippen LogP contribution in [0.3, 0.4) is 0 Å². The Bertz CT molecular complexity index is 611. The molecule has 0 spiro atoms. The third-order valence-corrected chi connectivity index (χ3v) is 3.95. The van der Waals surface area contributed by atoms with Gasteiger partial charge in [-0.2, -0.15) is 0 Å². The number of thioether (sulfide) groups is 1. The molecule has 0 aliphatic rings. The molecule has 0 unspecified atom stereocenters. The fourth-order valence-corrected chi connectivity index (χ4v) is 2.78. The van der Waals surface area contributed by atoms with Gasteiger partial charge in [0.1, 0.15) is 0 Å². The van der Waals surface area contributed by atoms with E-state index in [9.17, 15) is 4.79 Å². The second-order valence-electron chi connectivity index (χ2n) is 4.27. The van der Waals surface area contributed by atoms with E-state index in [4.69, 9.17) is 10.8 Å². The highest BCUT2D eigenvalue weighted by Crippen LogP contribution is 2.27. The molecule has 4 heteroatoms. The number of nitrogens with two attached hydrogens (primary N) is 1.